The minimum absolute atomic E-state index is 0.0379. The number of nitrogens with one attached hydrogen (secondary N) is 1. The molecule has 8 heteroatoms. The summed E-state index contributed by atoms with van der Waals surface area (Å²) in [6, 6.07) is 6.27. The monoisotopic (exact) mass is 448 g/mol. The van der Waals surface area contributed by atoms with E-state index in [0.717, 1.165) is 44.8 Å². The molecule has 2 saturated heterocycles. The summed E-state index contributed by atoms with van der Waals surface area (Å²) in [6.07, 6.45) is -0.572. The van der Waals surface area contributed by atoms with Crippen LogP contribution in [0, 0.1) is 29.1 Å². The number of halogens is 3. The lowest BCUT2D eigenvalue weighted by atomic mass is 9.78. The van der Waals surface area contributed by atoms with E-state index >= 15 is 0 Å². The van der Waals surface area contributed by atoms with Gasteiger partial charge in [0.2, 0.25) is 5.91 Å². The molecule has 1 aromatic rings. The number of carbonyl (C=O) groups is 1. The van der Waals surface area contributed by atoms with Crippen molar-refractivity contribution in [2.24, 2.45) is 17.8 Å². The SMILES string of the molecule is CC(C)N1CCC(C2CN(c3ccc(C#N)c(C(F)(F)F)c3)CC2C(=O)NC2CC2)CC1. The van der Waals surface area contributed by atoms with Gasteiger partial charge in [-0.3, -0.25) is 4.79 Å². The Bertz CT molecular complexity index is 882. The Balaban J connectivity index is 1.56. The average Bonchev–Trinajstić information content (AvgIpc) is 3.46. The number of likely N-dealkylation sites (tertiary alicyclic amines) is 1. The quantitative estimate of drug-likeness (QED) is 0.739. The van der Waals surface area contributed by atoms with Gasteiger partial charge in [0.15, 0.2) is 0 Å². The van der Waals surface area contributed by atoms with E-state index in [-0.39, 0.29) is 29.3 Å². The molecule has 2 aliphatic heterocycles. The lowest BCUT2D eigenvalue weighted by molar-refractivity contribution is -0.137. The van der Waals surface area contributed by atoms with Gasteiger partial charge in [0, 0.05) is 30.9 Å². The molecular formula is C24H31F3N4O. The number of benzene rings is 1. The van der Waals surface area contributed by atoms with Crippen molar-refractivity contribution >= 4 is 11.6 Å². The number of nitriles is 1. The van der Waals surface area contributed by atoms with Crippen LogP contribution in [0.5, 0.6) is 0 Å². The van der Waals surface area contributed by atoms with Crippen LogP contribution in [0.15, 0.2) is 18.2 Å². The Morgan fingerprint density at radius 2 is 1.84 bits per heavy atom. The van der Waals surface area contributed by atoms with E-state index in [0.29, 0.717) is 30.7 Å². The summed E-state index contributed by atoms with van der Waals surface area (Å²) in [5.74, 6) is 0.311. The van der Waals surface area contributed by atoms with Gasteiger partial charge in [0.1, 0.15) is 0 Å². The molecule has 3 fully saturated rings. The largest absolute Gasteiger partial charge is 0.417 e. The third kappa shape index (κ3) is 4.88. The maximum absolute atomic E-state index is 13.5. The van der Waals surface area contributed by atoms with Gasteiger partial charge >= 0.3 is 6.18 Å². The highest BCUT2D eigenvalue weighted by molar-refractivity contribution is 5.81. The fraction of sp³-hybridized carbons (Fsp3) is 0.667. The molecule has 5 nitrogen and oxygen atoms in total. The predicted molar refractivity (Wildman–Crippen MR) is 116 cm³/mol. The smallest absolute Gasteiger partial charge is 0.370 e. The van der Waals surface area contributed by atoms with E-state index < -0.39 is 11.7 Å². The average molecular weight is 449 g/mol. The van der Waals surface area contributed by atoms with E-state index in [2.05, 4.69) is 24.1 Å². The molecule has 1 amide bonds. The highest BCUT2D eigenvalue weighted by Gasteiger charge is 2.44. The zero-order valence-electron chi connectivity index (χ0n) is 18.7. The Hall–Kier alpha value is -2.27. The fourth-order valence-electron chi connectivity index (χ4n) is 5.26. The van der Waals surface area contributed by atoms with Crippen LogP contribution in [-0.2, 0) is 11.0 Å². The number of anilines is 1. The molecule has 0 spiro atoms. The topological polar surface area (TPSA) is 59.4 Å². The fourth-order valence-corrected chi connectivity index (χ4v) is 5.26. The molecule has 4 rings (SSSR count). The van der Waals surface area contributed by atoms with Crippen molar-refractivity contribution in [2.75, 3.05) is 31.1 Å². The number of nitrogens with zero attached hydrogens (tertiary/aromatic N) is 3. The first kappa shape index (κ1) is 22.9. The highest BCUT2D eigenvalue weighted by atomic mass is 19.4. The summed E-state index contributed by atoms with van der Waals surface area (Å²) in [6.45, 7) is 7.34. The standard InChI is InChI=1S/C24H31F3N4O/c1-15(2)30-9-7-16(8-10-30)20-13-31(14-21(20)23(32)29-18-4-5-18)19-6-3-17(12-28)22(11-19)24(25,26)27/h3,6,11,15-16,18,20-21H,4-5,7-10,13-14H2,1-2H3,(H,29,32). The minimum Gasteiger partial charge on any atom is -0.370 e. The van der Waals surface area contributed by atoms with Crippen LogP contribution in [0.3, 0.4) is 0 Å². The van der Waals surface area contributed by atoms with Crippen molar-refractivity contribution in [1.82, 2.24) is 10.2 Å². The van der Waals surface area contributed by atoms with Crippen molar-refractivity contribution in [2.45, 2.75) is 57.8 Å². The van der Waals surface area contributed by atoms with Gasteiger partial charge in [0.25, 0.3) is 0 Å². The van der Waals surface area contributed by atoms with Gasteiger partial charge in [-0.1, -0.05) is 0 Å². The first-order chi connectivity index (χ1) is 15.2. The summed E-state index contributed by atoms with van der Waals surface area (Å²) >= 11 is 0. The zero-order valence-corrected chi connectivity index (χ0v) is 18.7. The van der Waals surface area contributed by atoms with Crippen molar-refractivity contribution in [3.63, 3.8) is 0 Å². The first-order valence-electron chi connectivity index (χ1n) is 11.6. The van der Waals surface area contributed by atoms with Crippen molar-refractivity contribution in [3.05, 3.63) is 29.3 Å². The maximum atomic E-state index is 13.5. The maximum Gasteiger partial charge on any atom is 0.417 e. The van der Waals surface area contributed by atoms with Gasteiger partial charge in [-0.05, 0) is 82.7 Å². The first-order valence-corrected chi connectivity index (χ1v) is 11.6. The molecule has 0 radical (unpaired) electrons. The van der Waals surface area contributed by atoms with Crippen molar-refractivity contribution in [1.29, 1.82) is 5.26 Å². The summed E-state index contributed by atoms with van der Waals surface area (Å²) in [5.41, 5.74) is -0.853. The zero-order chi connectivity index (χ0) is 23.0. The second kappa shape index (κ2) is 8.93. The Morgan fingerprint density at radius 1 is 1.16 bits per heavy atom. The molecule has 174 valence electrons. The van der Waals surface area contributed by atoms with Gasteiger partial charge in [-0.2, -0.15) is 18.4 Å². The number of hydrogen-bond donors (Lipinski definition) is 1. The number of rotatable bonds is 5. The molecule has 2 heterocycles. The summed E-state index contributed by atoms with van der Waals surface area (Å²) in [4.78, 5) is 17.4. The molecule has 1 aliphatic carbocycles. The number of hydrogen-bond acceptors (Lipinski definition) is 4. The van der Waals surface area contributed by atoms with Crippen LogP contribution in [0.2, 0.25) is 0 Å². The molecule has 0 bridgehead atoms. The minimum atomic E-state index is -4.59. The van der Waals surface area contributed by atoms with Crippen LogP contribution in [0.4, 0.5) is 18.9 Å². The molecule has 1 N–H and O–H groups in total. The molecule has 32 heavy (non-hydrogen) atoms. The van der Waals surface area contributed by atoms with E-state index in [9.17, 15) is 18.0 Å². The van der Waals surface area contributed by atoms with Crippen LogP contribution in [-0.4, -0.2) is 49.1 Å². The van der Waals surface area contributed by atoms with Crippen molar-refractivity contribution < 1.29 is 18.0 Å². The number of amides is 1. The predicted octanol–water partition coefficient (Wildman–Crippen LogP) is 4.03. The lowest BCUT2D eigenvalue weighted by Crippen LogP contribution is -2.43. The molecule has 3 aliphatic rings. The highest BCUT2D eigenvalue weighted by Crippen LogP contribution is 2.40. The molecular weight excluding hydrogens is 417 g/mol. The van der Waals surface area contributed by atoms with E-state index in [1.807, 2.05) is 4.90 Å². The molecule has 0 aromatic heterocycles. The summed E-state index contributed by atoms with van der Waals surface area (Å²) in [5, 5.41) is 12.2. The molecule has 1 aromatic carbocycles. The normalized spacial score (nSPS) is 25.2. The van der Waals surface area contributed by atoms with E-state index in [1.165, 1.54) is 6.07 Å². The second-order valence-electron chi connectivity index (χ2n) is 9.76. The van der Waals surface area contributed by atoms with Crippen LogP contribution in [0.1, 0.15) is 50.7 Å². The Labute approximate surface area is 187 Å². The van der Waals surface area contributed by atoms with Gasteiger partial charge < -0.3 is 15.1 Å². The van der Waals surface area contributed by atoms with Gasteiger partial charge in [-0.25, -0.2) is 0 Å². The third-order valence-corrected chi connectivity index (χ3v) is 7.33. The van der Waals surface area contributed by atoms with Gasteiger partial charge in [0.05, 0.1) is 23.1 Å². The van der Waals surface area contributed by atoms with E-state index in [4.69, 9.17) is 5.26 Å². The molecule has 1 saturated carbocycles. The number of carbonyl (C=O) groups excluding carboxylic acids is 1. The second-order valence-corrected chi connectivity index (χ2v) is 9.76. The Morgan fingerprint density at radius 3 is 2.41 bits per heavy atom. The molecule has 2 unspecified atom stereocenters. The summed E-state index contributed by atoms with van der Waals surface area (Å²) < 4.78 is 40.5. The lowest BCUT2D eigenvalue weighted by Gasteiger charge is -2.38. The number of piperidine rings is 1. The Kier molecular flexibility index (Phi) is 6.39. The van der Waals surface area contributed by atoms with Crippen LogP contribution in [0.25, 0.3) is 0 Å². The van der Waals surface area contributed by atoms with Crippen molar-refractivity contribution in [3.8, 4) is 6.07 Å². The van der Waals surface area contributed by atoms with Crippen LogP contribution >= 0.6 is 0 Å². The van der Waals surface area contributed by atoms with Gasteiger partial charge in [-0.15, -0.1) is 0 Å². The van der Waals surface area contributed by atoms with Crippen LogP contribution < -0.4 is 10.2 Å². The number of alkyl halides is 3. The van der Waals surface area contributed by atoms with E-state index in [1.54, 1.807) is 12.1 Å². The molecule has 2 atom stereocenters. The third-order valence-electron chi connectivity index (χ3n) is 7.33. The summed E-state index contributed by atoms with van der Waals surface area (Å²) in [7, 11) is 0.